The largest absolute Gasteiger partial charge is 0.494 e. The Balaban J connectivity index is 1.69. The van der Waals surface area contributed by atoms with Crippen molar-refractivity contribution in [3.05, 3.63) is 54.1 Å². The molecule has 1 unspecified atom stereocenters. The van der Waals surface area contributed by atoms with Crippen LogP contribution in [0.5, 0.6) is 5.75 Å². The van der Waals surface area contributed by atoms with E-state index in [1.165, 1.54) is 0 Å². The lowest BCUT2D eigenvalue weighted by Gasteiger charge is -2.18. The van der Waals surface area contributed by atoms with Crippen molar-refractivity contribution in [3.8, 4) is 5.75 Å². The fourth-order valence-electron chi connectivity index (χ4n) is 3.37. The highest BCUT2D eigenvalue weighted by Gasteiger charge is 2.35. The summed E-state index contributed by atoms with van der Waals surface area (Å²) >= 11 is 0. The van der Waals surface area contributed by atoms with Gasteiger partial charge in [0.05, 0.1) is 12.5 Å². The van der Waals surface area contributed by atoms with E-state index in [1.807, 2.05) is 55.5 Å². The van der Waals surface area contributed by atoms with Gasteiger partial charge in [-0.15, -0.1) is 0 Å². The lowest BCUT2D eigenvalue weighted by molar-refractivity contribution is -0.122. The average molecular weight is 366 g/mol. The number of rotatable bonds is 6. The zero-order valence-corrected chi connectivity index (χ0v) is 16.1. The van der Waals surface area contributed by atoms with E-state index in [-0.39, 0.29) is 24.2 Å². The lowest BCUT2D eigenvalue weighted by atomic mass is 10.0. The number of anilines is 2. The highest BCUT2D eigenvalue weighted by atomic mass is 16.5. The minimum Gasteiger partial charge on any atom is -0.494 e. The summed E-state index contributed by atoms with van der Waals surface area (Å²) in [5.74, 6) is 0.588. The summed E-state index contributed by atoms with van der Waals surface area (Å²) in [5, 5.41) is 3.01. The molecule has 1 N–H and O–H groups in total. The first-order valence-electron chi connectivity index (χ1n) is 9.42. The first-order valence-corrected chi connectivity index (χ1v) is 9.42. The summed E-state index contributed by atoms with van der Waals surface area (Å²) in [6.45, 7) is 7.11. The van der Waals surface area contributed by atoms with Crippen LogP contribution in [0.25, 0.3) is 0 Å². The van der Waals surface area contributed by atoms with Crippen LogP contribution >= 0.6 is 0 Å². The van der Waals surface area contributed by atoms with Crippen molar-refractivity contribution in [2.24, 2.45) is 5.92 Å². The van der Waals surface area contributed by atoms with Crippen molar-refractivity contribution in [3.63, 3.8) is 0 Å². The first-order chi connectivity index (χ1) is 13.0. The molecule has 1 atom stereocenters. The van der Waals surface area contributed by atoms with E-state index >= 15 is 0 Å². The quantitative estimate of drug-likeness (QED) is 0.833. The number of carbonyl (C=O) groups excluding carboxylic acids is 2. The third-order valence-corrected chi connectivity index (χ3v) is 4.80. The number of hydrogen-bond acceptors (Lipinski definition) is 3. The van der Waals surface area contributed by atoms with E-state index in [4.69, 9.17) is 4.74 Å². The van der Waals surface area contributed by atoms with E-state index in [1.54, 1.807) is 4.90 Å². The number of nitrogens with one attached hydrogen (secondary N) is 1. The molecule has 0 radical (unpaired) electrons. The molecule has 1 heterocycles. The summed E-state index contributed by atoms with van der Waals surface area (Å²) in [5.41, 5.74) is 2.71. The molecule has 1 aliphatic rings. The Hall–Kier alpha value is -2.82. The molecule has 2 amide bonds. The van der Waals surface area contributed by atoms with Crippen LogP contribution in [0.4, 0.5) is 11.4 Å². The van der Waals surface area contributed by atoms with E-state index in [0.29, 0.717) is 19.1 Å². The van der Waals surface area contributed by atoms with Crippen LogP contribution in [0.3, 0.4) is 0 Å². The van der Waals surface area contributed by atoms with Gasteiger partial charge in [0.25, 0.3) is 0 Å². The molecule has 3 rings (SSSR count). The van der Waals surface area contributed by atoms with Gasteiger partial charge in [0.1, 0.15) is 5.75 Å². The molecule has 1 fully saturated rings. The van der Waals surface area contributed by atoms with Crippen molar-refractivity contribution in [2.45, 2.75) is 33.1 Å². The second-order valence-electron chi connectivity index (χ2n) is 7.06. The molecule has 0 aromatic heterocycles. The summed E-state index contributed by atoms with van der Waals surface area (Å²) in [7, 11) is 0. The summed E-state index contributed by atoms with van der Waals surface area (Å²) in [6, 6.07) is 15.2. The first kappa shape index (κ1) is 19.0. The van der Waals surface area contributed by atoms with E-state index in [9.17, 15) is 9.59 Å². The topological polar surface area (TPSA) is 58.6 Å². The number of benzene rings is 2. The maximum atomic E-state index is 12.7. The third-order valence-electron chi connectivity index (χ3n) is 4.80. The monoisotopic (exact) mass is 366 g/mol. The van der Waals surface area contributed by atoms with Crippen LogP contribution in [-0.2, 0) is 9.59 Å². The second-order valence-corrected chi connectivity index (χ2v) is 7.06. The zero-order chi connectivity index (χ0) is 19.4. The summed E-state index contributed by atoms with van der Waals surface area (Å²) in [6.07, 6.45) is 0.225. The number of ether oxygens (including phenoxy) is 1. The van der Waals surface area contributed by atoms with Gasteiger partial charge < -0.3 is 15.0 Å². The molecular weight excluding hydrogens is 340 g/mol. The number of hydrogen-bond donors (Lipinski definition) is 1. The average Bonchev–Trinajstić information content (AvgIpc) is 3.05. The van der Waals surface area contributed by atoms with Crippen molar-refractivity contribution in [1.29, 1.82) is 0 Å². The molecule has 142 valence electrons. The summed E-state index contributed by atoms with van der Waals surface area (Å²) in [4.78, 5) is 26.9. The molecule has 0 saturated carbocycles. The Labute approximate surface area is 160 Å². The van der Waals surface area contributed by atoms with Crippen LogP contribution < -0.4 is 15.0 Å². The van der Waals surface area contributed by atoms with Crippen LogP contribution in [0.15, 0.2) is 48.5 Å². The Morgan fingerprint density at radius 1 is 1.19 bits per heavy atom. The molecule has 0 aliphatic carbocycles. The number of nitrogens with zero attached hydrogens (tertiary/aromatic N) is 1. The molecule has 0 spiro atoms. The van der Waals surface area contributed by atoms with Crippen molar-refractivity contribution < 1.29 is 14.3 Å². The van der Waals surface area contributed by atoms with Gasteiger partial charge in [0.15, 0.2) is 0 Å². The molecule has 2 aromatic rings. The minimum atomic E-state index is -0.357. The highest BCUT2D eigenvalue weighted by molar-refractivity contribution is 6.03. The van der Waals surface area contributed by atoms with Crippen LogP contribution in [0, 0.1) is 5.92 Å². The van der Waals surface area contributed by atoms with E-state index in [2.05, 4.69) is 19.2 Å². The van der Waals surface area contributed by atoms with Gasteiger partial charge in [-0.3, -0.25) is 9.59 Å². The second kappa shape index (κ2) is 8.25. The van der Waals surface area contributed by atoms with Crippen LogP contribution in [0.1, 0.15) is 38.7 Å². The fraction of sp³-hybridized carbons (Fsp3) is 0.364. The van der Waals surface area contributed by atoms with Gasteiger partial charge >= 0.3 is 0 Å². The predicted octanol–water partition coefficient (Wildman–Crippen LogP) is 4.20. The molecule has 1 aliphatic heterocycles. The Bertz CT molecular complexity index is 815. The summed E-state index contributed by atoms with van der Waals surface area (Å²) < 4.78 is 5.44. The SMILES string of the molecule is CCOc1ccc(N2CC(C(=O)Nc3ccccc3C(C)C)CC2=O)cc1. The molecule has 27 heavy (non-hydrogen) atoms. The van der Waals surface area contributed by atoms with Crippen LogP contribution in [0.2, 0.25) is 0 Å². The van der Waals surface area contributed by atoms with E-state index < -0.39 is 0 Å². The Morgan fingerprint density at radius 2 is 1.89 bits per heavy atom. The van der Waals surface area contributed by atoms with Gasteiger partial charge in [0.2, 0.25) is 11.8 Å². The maximum absolute atomic E-state index is 12.7. The van der Waals surface area contributed by atoms with Gasteiger partial charge in [-0.1, -0.05) is 32.0 Å². The standard InChI is InChI=1S/C22H26N2O3/c1-4-27-18-11-9-17(10-12-18)24-14-16(13-21(24)25)22(26)23-20-8-6-5-7-19(20)15(2)3/h5-12,15-16H,4,13-14H2,1-3H3,(H,23,26). The highest BCUT2D eigenvalue weighted by Crippen LogP contribution is 2.29. The number of para-hydroxylation sites is 1. The molecule has 1 saturated heterocycles. The van der Waals surface area contributed by atoms with Crippen molar-refractivity contribution >= 4 is 23.2 Å². The third kappa shape index (κ3) is 4.30. The number of amides is 2. The fourth-order valence-corrected chi connectivity index (χ4v) is 3.37. The van der Waals surface area contributed by atoms with Crippen LogP contribution in [-0.4, -0.2) is 25.0 Å². The predicted molar refractivity (Wildman–Crippen MR) is 107 cm³/mol. The maximum Gasteiger partial charge on any atom is 0.229 e. The molecule has 0 bridgehead atoms. The minimum absolute atomic E-state index is 0.0311. The number of carbonyl (C=O) groups is 2. The zero-order valence-electron chi connectivity index (χ0n) is 16.1. The lowest BCUT2D eigenvalue weighted by Crippen LogP contribution is -2.28. The van der Waals surface area contributed by atoms with E-state index in [0.717, 1.165) is 22.7 Å². The van der Waals surface area contributed by atoms with Gasteiger partial charge in [-0.2, -0.15) is 0 Å². The Kier molecular flexibility index (Phi) is 5.79. The van der Waals surface area contributed by atoms with Crippen molar-refractivity contribution in [1.82, 2.24) is 0 Å². The molecular formula is C22H26N2O3. The van der Waals surface area contributed by atoms with Gasteiger partial charge in [0, 0.05) is 24.3 Å². The normalized spacial score (nSPS) is 16.7. The molecule has 5 nitrogen and oxygen atoms in total. The molecule has 5 heteroatoms. The van der Waals surface area contributed by atoms with Gasteiger partial charge in [-0.05, 0) is 48.7 Å². The smallest absolute Gasteiger partial charge is 0.229 e. The van der Waals surface area contributed by atoms with Gasteiger partial charge in [-0.25, -0.2) is 0 Å². The Morgan fingerprint density at radius 3 is 2.56 bits per heavy atom. The molecule has 2 aromatic carbocycles. The van der Waals surface area contributed by atoms with Crippen molar-refractivity contribution in [2.75, 3.05) is 23.4 Å².